The van der Waals surface area contributed by atoms with E-state index in [0.717, 1.165) is 6.20 Å². The summed E-state index contributed by atoms with van der Waals surface area (Å²) in [6, 6.07) is 4.06. The van der Waals surface area contributed by atoms with Crippen molar-refractivity contribution in [3.05, 3.63) is 46.0 Å². The van der Waals surface area contributed by atoms with E-state index in [1.54, 1.807) is 0 Å². The molecule has 7 heteroatoms. The van der Waals surface area contributed by atoms with Gasteiger partial charge in [0.1, 0.15) is 5.82 Å². The molecular formula is C11H5Cl2FN2O2. The highest BCUT2D eigenvalue weighted by molar-refractivity contribution is 6.34. The molecule has 0 unspecified atom stereocenters. The average molecular weight is 287 g/mol. The lowest BCUT2D eigenvalue weighted by molar-refractivity contribution is 0.0690. The SMILES string of the molecule is O=C(O)c1nc(-c2c(F)cccc2Cl)ncc1Cl. The zero-order chi connectivity index (χ0) is 13.3. The molecule has 0 spiro atoms. The lowest BCUT2D eigenvalue weighted by atomic mass is 10.2. The van der Waals surface area contributed by atoms with Gasteiger partial charge in [-0.15, -0.1) is 0 Å². The summed E-state index contributed by atoms with van der Waals surface area (Å²) in [6.07, 6.45) is 1.09. The molecular weight excluding hydrogens is 282 g/mol. The number of rotatable bonds is 2. The van der Waals surface area contributed by atoms with E-state index >= 15 is 0 Å². The molecule has 0 saturated carbocycles. The summed E-state index contributed by atoms with van der Waals surface area (Å²) in [5, 5.41) is 8.84. The van der Waals surface area contributed by atoms with Gasteiger partial charge in [0, 0.05) is 0 Å². The maximum absolute atomic E-state index is 13.6. The van der Waals surface area contributed by atoms with Gasteiger partial charge in [0.25, 0.3) is 0 Å². The Morgan fingerprint density at radius 2 is 2.00 bits per heavy atom. The van der Waals surface area contributed by atoms with Gasteiger partial charge in [0.2, 0.25) is 0 Å². The van der Waals surface area contributed by atoms with Crippen molar-refractivity contribution in [2.24, 2.45) is 0 Å². The molecule has 2 aromatic rings. The molecule has 0 aliphatic carbocycles. The van der Waals surface area contributed by atoms with E-state index in [2.05, 4.69) is 9.97 Å². The maximum atomic E-state index is 13.6. The van der Waals surface area contributed by atoms with Crippen molar-refractivity contribution in [1.82, 2.24) is 9.97 Å². The normalized spacial score (nSPS) is 10.4. The highest BCUT2D eigenvalue weighted by atomic mass is 35.5. The van der Waals surface area contributed by atoms with Crippen LogP contribution in [0, 0.1) is 5.82 Å². The van der Waals surface area contributed by atoms with Crippen molar-refractivity contribution in [2.75, 3.05) is 0 Å². The first-order chi connectivity index (χ1) is 8.50. The summed E-state index contributed by atoms with van der Waals surface area (Å²) in [4.78, 5) is 18.4. The Kier molecular flexibility index (Phi) is 3.45. The lowest BCUT2D eigenvalue weighted by Crippen LogP contribution is -2.04. The van der Waals surface area contributed by atoms with E-state index < -0.39 is 17.5 Å². The van der Waals surface area contributed by atoms with Crippen molar-refractivity contribution >= 4 is 29.2 Å². The largest absolute Gasteiger partial charge is 0.476 e. The average Bonchev–Trinajstić information content (AvgIpc) is 2.30. The van der Waals surface area contributed by atoms with Crippen LogP contribution in [-0.2, 0) is 0 Å². The van der Waals surface area contributed by atoms with Crippen molar-refractivity contribution in [2.45, 2.75) is 0 Å². The third kappa shape index (κ3) is 2.27. The Hall–Kier alpha value is -1.72. The Morgan fingerprint density at radius 1 is 1.28 bits per heavy atom. The van der Waals surface area contributed by atoms with Crippen LogP contribution in [0.3, 0.4) is 0 Å². The molecule has 0 aliphatic rings. The van der Waals surface area contributed by atoms with Crippen molar-refractivity contribution in [3.8, 4) is 11.4 Å². The monoisotopic (exact) mass is 286 g/mol. The van der Waals surface area contributed by atoms with E-state index in [0.29, 0.717) is 0 Å². The van der Waals surface area contributed by atoms with Crippen LogP contribution in [0.1, 0.15) is 10.5 Å². The number of nitrogens with zero attached hydrogens (tertiary/aromatic N) is 2. The second kappa shape index (κ2) is 4.88. The van der Waals surface area contributed by atoms with Crippen LogP contribution < -0.4 is 0 Å². The molecule has 0 radical (unpaired) electrons. The number of carboxylic acid groups (broad SMARTS) is 1. The van der Waals surface area contributed by atoms with E-state index in [4.69, 9.17) is 28.3 Å². The van der Waals surface area contributed by atoms with Gasteiger partial charge < -0.3 is 5.11 Å². The second-order valence-corrected chi connectivity index (χ2v) is 4.11. The predicted molar refractivity (Wildman–Crippen MR) is 64.4 cm³/mol. The quantitative estimate of drug-likeness (QED) is 0.920. The van der Waals surface area contributed by atoms with Crippen LogP contribution in [0.4, 0.5) is 4.39 Å². The number of hydrogen-bond acceptors (Lipinski definition) is 3. The number of aromatic carboxylic acids is 1. The standard InChI is InChI=1S/C11H5Cl2FN2O2/c12-5-2-1-3-7(14)8(5)10-15-4-6(13)9(16-10)11(17)18/h1-4H,(H,17,18). The highest BCUT2D eigenvalue weighted by Gasteiger charge is 2.17. The van der Waals surface area contributed by atoms with Gasteiger partial charge in [-0.3, -0.25) is 0 Å². The molecule has 0 aliphatic heterocycles. The van der Waals surface area contributed by atoms with Gasteiger partial charge in [-0.2, -0.15) is 0 Å². The zero-order valence-electron chi connectivity index (χ0n) is 8.69. The summed E-state index contributed by atoms with van der Waals surface area (Å²) in [7, 11) is 0. The highest BCUT2D eigenvalue weighted by Crippen LogP contribution is 2.28. The summed E-state index contributed by atoms with van der Waals surface area (Å²) in [6.45, 7) is 0. The molecule has 92 valence electrons. The number of carbonyl (C=O) groups is 1. The number of hydrogen-bond donors (Lipinski definition) is 1. The lowest BCUT2D eigenvalue weighted by Gasteiger charge is -2.05. The molecule has 2 rings (SSSR count). The first-order valence-electron chi connectivity index (χ1n) is 4.71. The summed E-state index contributed by atoms with van der Waals surface area (Å²) in [5.74, 6) is -2.09. The molecule has 0 bridgehead atoms. The van der Waals surface area contributed by atoms with Crippen molar-refractivity contribution in [1.29, 1.82) is 0 Å². The topological polar surface area (TPSA) is 63.1 Å². The fraction of sp³-hybridized carbons (Fsp3) is 0. The Morgan fingerprint density at radius 3 is 2.61 bits per heavy atom. The molecule has 4 nitrogen and oxygen atoms in total. The van der Waals surface area contributed by atoms with E-state index in [1.807, 2.05) is 0 Å². The summed E-state index contributed by atoms with van der Waals surface area (Å²) < 4.78 is 13.6. The molecule has 0 saturated heterocycles. The Balaban J connectivity index is 2.65. The van der Waals surface area contributed by atoms with Crippen LogP contribution in [0.2, 0.25) is 10.0 Å². The first-order valence-corrected chi connectivity index (χ1v) is 5.46. The molecule has 18 heavy (non-hydrogen) atoms. The summed E-state index contributed by atoms with van der Waals surface area (Å²) >= 11 is 11.5. The van der Waals surface area contributed by atoms with Gasteiger partial charge in [-0.05, 0) is 12.1 Å². The van der Waals surface area contributed by atoms with Crippen molar-refractivity contribution in [3.63, 3.8) is 0 Å². The van der Waals surface area contributed by atoms with E-state index in [1.165, 1.54) is 18.2 Å². The molecule has 0 amide bonds. The van der Waals surface area contributed by atoms with E-state index in [9.17, 15) is 9.18 Å². The van der Waals surface area contributed by atoms with Gasteiger partial charge in [-0.25, -0.2) is 19.2 Å². The fourth-order valence-corrected chi connectivity index (χ4v) is 1.77. The Bertz CT molecular complexity index is 614. The number of benzene rings is 1. The number of aromatic nitrogens is 2. The third-order valence-corrected chi connectivity index (χ3v) is 2.72. The number of halogens is 3. The Labute approximate surface area is 111 Å². The van der Waals surface area contributed by atoms with Crippen LogP contribution in [-0.4, -0.2) is 21.0 Å². The minimum absolute atomic E-state index is 0.0571. The zero-order valence-corrected chi connectivity index (χ0v) is 10.2. The van der Waals surface area contributed by atoms with Crippen molar-refractivity contribution < 1.29 is 14.3 Å². The van der Waals surface area contributed by atoms with Crippen LogP contribution in [0.5, 0.6) is 0 Å². The molecule has 1 heterocycles. The van der Waals surface area contributed by atoms with Crippen LogP contribution in [0.25, 0.3) is 11.4 Å². The second-order valence-electron chi connectivity index (χ2n) is 3.29. The first kappa shape index (κ1) is 12.7. The third-order valence-electron chi connectivity index (χ3n) is 2.13. The molecule has 0 atom stereocenters. The minimum Gasteiger partial charge on any atom is -0.476 e. The van der Waals surface area contributed by atoms with Crippen LogP contribution >= 0.6 is 23.2 Å². The maximum Gasteiger partial charge on any atom is 0.356 e. The minimum atomic E-state index is -1.32. The molecule has 0 fully saturated rings. The number of carboxylic acids is 1. The van der Waals surface area contributed by atoms with Gasteiger partial charge in [0.15, 0.2) is 11.5 Å². The predicted octanol–water partition coefficient (Wildman–Crippen LogP) is 3.29. The van der Waals surface area contributed by atoms with E-state index in [-0.39, 0.29) is 21.4 Å². The van der Waals surface area contributed by atoms with Gasteiger partial charge in [0.05, 0.1) is 21.8 Å². The fourth-order valence-electron chi connectivity index (χ4n) is 1.35. The van der Waals surface area contributed by atoms with Gasteiger partial charge >= 0.3 is 5.97 Å². The van der Waals surface area contributed by atoms with Gasteiger partial charge in [-0.1, -0.05) is 29.3 Å². The smallest absolute Gasteiger partial charge is 0.356 e. The molecule has 1 N–H and O–H groups in total. The molecule has 1 aromatic heterocycles. The van der Waals surface area contributed by atoms with Crippen LogP contribution in [0.15, 0.2) is 24.4 Å². The molecule has 1 aromatic carbocycles. The summed E-state index contributed by atoms with van der Waals surface area (Å²) in [5.41, 5.74) is -0.459.